The van der Waals surface area contributed by atoms with Gasteiger partial charge in [-0.05, 0) is 49.7 Å². The van der Waals surface area contributed by atoms with Crippen molar-refractivity contribution in [2.75, 3.05) is 0 Å². The largest absolute Gasteiger partial charge is 0.109 e. The topological polar surface area (TPSA) is 0 Å². The lowest BCUT2D eigenvalue weighted by molar-refractivity contribution is 1.07. The zero-order valence-electron chi connectivity index (χ0n) is 13.8. The Labute approximate surface area is 136 Å². The molecule has 2 atom stereocenters. The third kappa shape index (κ3) is 3.08. The minimum Gasteiger partial charge on any atom is -0.109 e. The van der Waals surface area contributed by atoms with E-state index in [-0.39, 0.29) is 0 Å². The van der Waals surface area contributed by atoms with Gasteiger partial charge in [0.1, 0.15) is 0 Å². The van der Waals surface area contributed by atoms with Gasteiger partial charge >= 0.3 is 0 Å². The van der Waals surface area contributed by atoms with Gasteiger partial charge in [-0.1, -0.05) is 70.8 Å². The van der Waals surface area contributed by atoms with Crippen LogP contribution in [0.3, 0.4) is 0 Å². The van der Waals surface area contributed by atoms with Crippen LogP contribution in [0, 0.1) is 27.7 Å². The van der Waals surface area contributed by atoms with E-state index >= 15 is 0 Å². The van der Waals surface area contributed by atoms with Gasteiger partial charge in [0.25, 0.3) is 0 Å². The molecule has 0 aromatic heterocycles. The molecule has 1 aliphatic carbocycles. The van der Waals surface area contributed by atoms with Gasteiger partial charge in [-0.15, -0.1) is 9.24 Å². The molecule has 0 heterocycles. The number of benzene rings is 2. The maximum atomic E-state index is 2.92. The summed E-state index contributed by atoms with van der Waals surface area (Å²) in [5, 5.41) is 1.35. The highest BCUT2D eigenvalue weighted by atomic mass is 31.0. The van der Waals surface area contributed by atoms with E-state index in [0.717, 1.165) is 0 Å². The zero-order valence-corrected chi connectivity index (χ0v) is 14.9. The summed E-state index contributed by atoms with van der Waals surface area (Å²) in [7, 11) is 2.92. The van der Waals surface area contributed by atoms with Crippen molar-refractivity contribution in [3.05, 3.63) is 87.2 Å². The fourth-order valence-electron chi connectivity index (χ4n) is 3.39. The van der Waals surface area contributed by atoms with Crippen molar-refractivity contribution in [2.45, 2.75) is 33.6 Å². The first-order valence-electron chi connectivity index (χ1n) is 7.78. The summed E-state index contributed by atoms with van der Waals surface area (Å²) in [4.78, 5) is 0. The standard InChI is InChI=1S/C21H23P/c1-13-5-14(2)8-17(7-13)18-11-20(21(22)12-18)19-9-15(3)6-16(4)10-19/h5-12,20H,22H2,1-4H3. The van der Waals surface area contributed by atoms with Crippen LogP contribution in [0.1, 0.15) is 39.3 Å². The van der Waals surface area contributed by atoms with Crippen LogP contribution >= 0.6 is 9.24 Å². The first kappa shape index (κ1) is 15.3. The molecule has 2 aromatic rings. The van der Waals surface area contributed by atoms with E-state index in [4.69, 9.17) is 0 Å². The molecule has 0 spiro atoms. The van der Waals surface area contributed by atoms with E-state index in [1.165, 1.54) is 44.3 Å². The van der Waals surface area contributed by atoms with Crippen LogP contribution < -0.4 is 0 Å². The number of allylic oxidation sites excluding steroid dienone is 4. The fraction of sp³-hybridized carbons (Fsp3) is 0.238. The van der Waals surface area contributed by atoms with Gasteiger partial charge in [-0.25, -0.2) is 0 Å². The summed E-state index contributed by atoms with van der Waals surface area (Å²) in [6, 6.07) is 13.6. The summed E-state index contributed by atoms with van der Waals surface area (Å²) < 4.78 is 0. The molecule has 0 amide bonds. The Morgan fingerprint density at radius 2 is 1.23 bits per heavy atom. The Morgan fingerprint density at radius 1 is 0.727 bits per heavy atom. The summed E-state index contributed by atoms with van der Waals surface area (Å²) >= 11 is 0. The van der Waals surface area contributed by atoms with Crippen molar-refractivity contribution < 1.29 is 0 Å². The smallest absolute Gasteiger partial charge is 0.0278 e. The molecule has 2 aromatic carbocycles. The molecule has 1 heteroatoms. The van der Waals surface area contributed by atoms with Crippen LogP contribution in [-0.4, -0.2) is 0 Å². The second-order valence-corrected chi connectivity index (χ2v) is 7.21. The van der Waals surface area contributed by atoms with Crippen LogP contribution in [0.2, 0.25) is 0 Å². The average molecular weight is 306 g/mol. The van der Waals surface area contributed by atoms with Crippen molar-refractivity contribution in [2.24, 2.45) is 0 Å². The second-order valence-electron chi connectivity index (χ2n) is 6.54. The number of rotatable bonds is 2. The van der Waals surface area contributed by atoms with Crippen molar-refractivity contribution in [1.29, 1.82) is 0 Å². The molecule has 0 bridgehead atoms. The lowest BCUT2D eigenvalue weighted by Gasteiger charge is -2.12. The maximum Gasteiger partial charge on any atom is 0.0278 e. The molecular weight excluding hydrogens is 283 g/mol. The number of hydrogen-bond donors (Lipinski definition) is 0. The SMILES string of the molecule is Cc1cc(C)cc(C2=CC(c3cc(C)cc(C)c3)C(P)=C2)c1. The lowest BCUT2D eigenvalue weighted by Crippen LogP contribution is -1.94. The Hall–Kier alpha value is -1.65. The van der Waals surface area contributed by atoms with E-state index < -0.39 is 0 Å². The van der Waals surface area contributed by atoms with Crippen LogP contribution in [0.5, 0.6) is 0 Å². The van der Waals surface area contributed by atoms with Gasteiger partial charge in [0.15, 0.2) is 0 Å². The quantitative estimate of drug-likeness (QED) is 0.610. The fourth-order valence-corrected chi connectivity index (χ4v) is 3.86. The van der Waals surface area contributed by atoms with Gasteiger partial charge in [0.2, 0.25) is 0 Å². The lowest BCUT2D eigenvalue weighted by atomic mass is 9.95. The third-order valence-corrected chi connectivity index (χ3v) is 4.71. The van der Waals surface area contributed by atoms with Crippen LogP contribution in [-0.2, 0) is 0 Å². The predicted octanol–water partition coefficient (Wildman–Crippen LogP) is 5.86. The number of aryl methyl sites for hydroxylation is 4. The summed E-state index contributed by atoms with van der Waals surface area (Å²) in [5.41, 5.74) is 9.36. The van der Waals surface area contributed by atoms with Crippen molar-refractivity contribution in [3.63, 3.8) is 0 Å². The minimum absolute atomic E-state index is 0.374. The molecule has 1 aliphatic rings. The summed E-state index contributed by atoms with van der Waals surface area (Å²) in [6.45, 7) is 8.68. The average Bonchev–Trinajstić information content (AvgIpc) is 2.78. The molecule has 0 nitrogen and oxygen atoms in total. The highest BCUT2D eigenvalue weighted by Gasteiger charge is 2.19. The molecule has 0 saturated heterocycles. The van der Waals surface area contributed by atoms with Crippen molar-refractivity contribution in [3.8, 4) is 0 Å². The molecule has 0 fully saturated rings. The highest BCUT2D eigenvalue weighted by molar-refractivity contribution is 7.22. The van der Waals surface area contributed by atoms with E-state index in [9.17, 15) is 0 Å². The molecule has 0 radical (unpaired) electrons. The molecule has 0 aliphatic heterocycles. The van der Waals surface area contributed by atoms with E-state index in [0.29, 0.717) is 5.92 Å². The highest BCUT2D eigenvalue weighted by Crippen LogP contribution is 2.41. The molecule has 0 N–H and O–H groups in total. The second kappa shape index (κ2) is 5.86. The van der Waals surface area contributed by atoms with Crippen LogP contribution in [0.4, 0.5) is 0 Å². The van der Waals surface area contributed by atoms with E-state index in [1.807, 2.05) is 0 Å². The molecule has 0 saturated carbocycles. The van der Waals surface area contributed by atoms with Gasteiger partial charge in [-0.2, -0.15) is 0 Å². The Kier molecular flexibility index (Phi) is 4.06. The first-order valence-corrected chi connectivity index (χ1v) is 8.36. The van der Waals surface area contributed by atoms with Gasteiger partial charge < -0.3 is 0 Å². The monoisotopic (exact) mass is 306 g/mol. The summed E-state index contributed by atoms with van der Waals surface area (Å²) in [5.74, 6) is 0.374. The normalized spacial score (nSPS) is 17.4. The molecular formula is C21H23P. The minimum atomic E-state index is 0.374. The Bertz CT molecular complexity index is 753. The van der Waals surface area contributed by atoms with Gasteiger partial charge in [0.05, 0.1) is 0 Å². The molecule has 3 rings (SSSR count). The third-order valence-electron chi connectivity index (χ3n) is 4.19. The van der Waals surface area contributed by atoms with E-state index in [1.54, 1.807) is 0 Å². The maximum absolute atomic E-state index is 2.92. The Balaban J connectivity index is 2.02. The van der Waals surface area contributed by atoms with Crippen molar-refractivity contribution >= 4 is 14.8 Å². The van der Waals surface area contributed by atoms with Gasteiger partial charge in [0, 0.05) is 5.92 Å². The van der Waals surface area contributed by atoms with Crippen LogP contribution in [0.15, 0.2) is 53.9 Å². The number of hydrogen-bond acceptors (Lipinski definition) is 0. The molecule has 112 valence electrons. The molecule has 22 heavy (non-hydrogen) atoms. The first-order chi connectivity index (χ1) is 10.4. The predicted molar refractivity (Wildman–Crippen MR) is 100 cm³/mol. The van der Waals surface area contributed by atoms with Crippen LogP contribution in [0.25, 0.3) is 5.57 Å². The zero-order chi connectivity index (χ0) is 15.9. The molecule has 2 unspecified atom stereocenters. The van der Waals surface area contributed by atoms with E-state index in [2.05, 4.69) is 85.5 Å². The van der Waals surface area contributed by atoms with Crippen molar-refractivity contribution in [1.82, 2.24) is 0 Å². The Morgan fingerprint density at radius 3 is 1.77 bits per heavy atom. The summed E-state index contributed by atoms with van der Waals surface area (Å²) in [6.07, 6.45) is 4.70. The van der Waals surface area contributed by atoms with Gasteiger partial charge in [-0.3, -0.25) is 0 Å².